The van der Waals surface area contributed by atoms with E-state index in [4.69, 9.17) is 11.0 Å². The highest BCUT2D eigenvalue weighted by atomic mass is 15.2. The van der Waals surface area contributed by atoms with Crippen molar-refractivity contribution >= 4 is 0 Å². The van der Waals surface area contributed by atoms with Gasteiger partial charge in [0.15, 0.2) is 0 Å². The maximum atomic E-state index is 8.87. The van der Waals surface area contributed by atoms with Gasteiger partial charge in [-0.1, -0.05) is 13.8 Å². The van der Waals surface area contributed by atoms with E-state index in [0.717, 1.165) is 38.5 Å². The highest BCUT2D eigenvalue weighted by Crippen LogP contribution is 2.17. The summed E-state index contributed by atoms with van der Waals surface area (Å²) in [6.07, 6.45) is 3.08. The van der Waals surface area contributed by atoms with Crippen molar-refractivity contribution in [3.05, 3.63) is 0 Å². The molecule has 0 aromatic rings. The minimum Gasteiger partial charge on any atom is -0.314 e. The molecule has 0 saturated carbocycles. The number of hydrogen-bond acceptors (Lipinski definition) is 4. The molecule has 4 heteroatoms. The average Bonchev–Trinajstić information content (AvgIpc) is 2.79. The summed E-state index contributed by atoms with van der Waals surface area (Å²) in [5.74, 6) is 0. The summed E-state index contributed by atoms with van der Waals surface area (Å²) in [5, 5.41) is 8.87. The fourth-order valence-corrected chi connectivity index (χ4v) is 2.78. The number of nitrogens with two attached hydrogens (primary N) is 1. The Kier molecular flexibility index (Phi) is 6.07. The van der Waals surface area contributed by atoms with Crippen LogP contribution in [0.25, 0.3) is 0 Å². The third-order valence-corrected chi connectivity index (χ3v) is 4.00. The number of likely N-dealkylation sites (tertiary alicyclic amines) is 1. The van der Waals surface area contributed by atoms with Crippen LogP contribution in [-0.4, -0.2) is 54.1 Å². The lowest BCUT2D eigenvalue weighted by Crippen LogP contribution is -2.38. The molecule has 1 saturated heterocycles. The van der Waals surface area contributed by atoms with Gasteiger partial charge in [-0.05, 0) is 52.4 Å². The largest absolute Gasteiger partial charge is 0.314 e. The Hall–Kier alpha value is -0.630. The van der Waals surface area contributed by atoms with Crippen molar-refractivity contribution in [1.82, 2.24) is 9.80 Å². The molecule has 0 aromatic heterocycles. The zero-order chi connectivity index (χ0) is 13.6. The molecule has 18 heavy (non-hydrogen) atoms. The molecule has 0 aromatic carbocycles. The van der Waals surface area contributed by atoms with Crippen LogP contribution in [-0.2, 0) is 0 Å². The molecule has 1 aliphatic rings. The van der Waals surface area contributed by atoms with Crippen molar-refractivity contribution in [1.29, 1.82) is 5.26 Å². The molecule has 104 valence electrons. The van der Waals surface area contributed by atoms with Gasteiger partial charge >= 0.3 is 0 Å². The molecule has 1 heterocycles. The van der Waals surface area contributed by atoms with Crippen LogP contribution >= 0.6 is 0 Å². The Morgan fingerprint density at radius 3 is 2.67 bits per heavy atom. The van der Waals surface area contributed by atoms with Gasteiger partial charge in [0.2, 0.25) is 0 Å². The summed E-state index contributed by atoms with van der Waals surface area (Å²) >= 11 is 0. The van der Waals surface area contributed by atoms with Gasteiger partial charge in [-0.25, -0.2) is 0 Å². The Morgan fingerprint density at radius 1 is 1.44 bits per heavy atom. The lowest BCUT2D eigenvalue weighted by Gasteiger charge is -2.26. The summed E-state index contributed by atoms with van der Waals surface area (Å²) in [5.41, 5.74) is 5.18. The van der Waals surface area contributed by atoms with E-state index < -0.39 is 5.54 Å². The summed E-state index contributed by atoms with van der Waals surface area (Å²) < 4.78 is 0. The highest BCUT2D eigenvalue weighted by molar-refractivity contribution is 5.00. The van der Waals surface area contributed by atoms with Crippen molar-refractivity contribution < 1.29 is 0 Å². The Labute approximate surface area is 112 Å². The fourth-order valence-electron chi connectivity index (χ4n) is 2.78. The molecule has 2 N–H and O–H groups in total. The number of hydrogen-bond donors (Lipinski definition) is 1. The van der Waals surface area contributed by atoms with Gasteiger partial charge in [-0.15, -0.1) is 0 Å². The van der Waals surface area contributed by atoms with E-state index in [9.17, 15) is 0 Å². The van der Waals surface area contributed by atoms with E-state index in [1.54, 1.807) is 0 Å². The van der Waals surface area contributed by atoms with Gasteiger partial charge in [-0.3, -0.25) is 4.90 Å². The van der Waals surface area contributed by atoms with E-state index in [2.05, 4.69) is 29.7 Å². The molecule has 0 amide bonds. The lowest BCUT2D eigenvalue weighted by atomic mass is 9.99. The van der Waals surface area contributed by atoms with E-state index in [-0.39, 0.29) is 0 Å². The molecule has 1 fully saturated rings. The molecule has 0 aliphatic carbocycles. The molecule has 2 atom stereocenters. The van der Waals surface area contributed by atoms with Crippen LogP contribution in [0.2, 0.25) is 0 Å². The number of nitrogens with zero attached hydrogens (tertiary/aromatic N) is 3. The first-order valence-electron chi connectivity index (χ1n) is 7.19. The van der Waals surface area contributed by atoms with E-state index >= 15 is 0 Å². The van der Waals surface area contributed by atoms with Crippen LogP contribution < -0.4 is 5.73 Å². The molecule has 0 bridgehead atoms. The van der Waals surface area contributed by atoms with Gasteiger partial charge < -0.3 is 10.6 Å². The molecule has 1 aliphatic heterocycles. The zero-order valence-electron chi connectivity index (χ0n) is 12.2. The van der Waals surface area contributed by atoms with E-state index in [1.807, 2.05) is 6.92 Å². The topological polar surface area (TPSA) is 56.3 Å². The normalized spacial score (nSPS) is 24.1. The summed E-state index contributed by atoms with van der Waals surface area (Å²) in [4.78, 5) is 5.05. The van der Waals surface area contributed by atoms with Crippen LogP contribution in [0.1, 0.15) is 40.0 Å². The minimum atomic E-state index is -0.655. The van der Waals surface area contributed by atoms with Crippen LogP contribution in [0, 0.1) is 11.3 Å². The van der Waals surface area contributed by atoms with Gasteiger partial charge in [-0.2, -0.15) is 5.26 Å². The second-order valence-corrected chi connectivity index (χ2v) is 5.60. The molecular weight excluding hydrogens is 224 g/mol. The van der Waals surface area contributed by atoms with Crippen LogP contribution in [0.3, 0.4) is 0 Å². The van der Waals surface area contributed by atoms with E-state index in [1.165, 1.54) is 19.5 Å². The standard InChI is InChI=1S/C14H28N4/c1-4-18(5-2)13-7-10-17(11-13)9-6-8-14(3,16)12-15/h13H,4-11,16H2,1-3H3. The fraction of sp³-hybridized carbons (Fsp3) is 0.929. The van der Waals surface area contributed by atoms with Gasteiger partial charge in [0.1, 0.15) is 5.54 Å². The summed E-state index contributed by atoms with van der Waals surface area (Å²) in [7, 11) is 0. The smallest absolute Gasteiger partial charge is 0.101 e. The molecule has 2 unspecified atom stereocenters. The predicted octanol–water partition coefficient (Wildman–Crippen LogP) is 1.42. The van der Waals surface area contributed by atoms with Crippen molar-refractivity contribution in [2.24, 2.45) is 5.73 Å². The maximum absolute atomic E-state index is 8.87. The predicted molar refractivity (Wildman–Crippen MR) is 75.2 cm³/mol. The first-order valence-corrected chi connectivity index (χ1v) is 7.19. The monoisotopic (exact) mass is 252 g/mol. The van der Waals surface area contributed by atoms with Crippen molar-refractivity contribution in [3.8, 4) is 6.07 Å². The number of rotatable bonds is 7. The van der Waals surface area contributed by atoms with Gasteiger partial charge in [0.25, 0.3) is 0 Å². The molecular formula is C14H28N4. The van der Waals surface area contributed by atoms with Gasteiger partial charge in [0, 0.05) is 12.6 Å². The van der Waals surface area contributed by atoms with Crippen molar-refractivity contribution in [3.63, 3.8) is 0 Å². The van der Waals surface area contributed by atoms with Crippen molar-refractivity contribution in [2.75, 3.05) is 32.7 Å². The van der Waals surface area contributed by atoms with Crippen LogP contribution in [0.15, 0.2) is 0 Å². The third kappa shape index (κ3) is 4.56. The highest BCUT2D eigenvalue weighted by Gasteiger charge is 2.26. The van der Waals surface area contributed by atoms with Crippen molar-refractivity contribution in [2.45, 2.75) is 51.6 Å². The number of likely N-dealkylation sites (N-methyl/N-ethyl adjacent to an activating group) is 1. The lowest BCUT2D eigenvalue weighted by molar-refractivity contribution is 0.209. The molecule has 1 rings (SSSR count). The molecule has 4 nitrogen and oxygen atoms in total. The average molecular weight is 252 g/mol. The maximum Gasteiger partial charge on any atom is 0.101 e. The molecule has 0 radical (unpaired) electrons. The van der Waals surface area contributed by atoms with Crippen LogP contribution in [0.4, 0.5) is 0 Å². The van der Waals surface area contributed by atoms with Crippen LogP contribution in [0.5, 0.6) is 0 Å². The SMILES string of the molecule is CCN(CC)C1CCN(CCCC(C)(N)C#N)C1. The first kappa shape index (κ1) is 15.4. The first-order chi connectivity index (χ1) is 8.52. The van der Waals surface area contributed by atoms with Gasteiger partial charge in [0.05, 0.1) is 6.07 Å². The van der Waals surface area contributed by atoms with E-state index in [0.29, 0.717) is 0 Å². The second-order valence-electron chi connectivity index (χ2n) is 5.60. The Balaban J connectivity index is 2.25. The molecule has 0 spiro atoms. The third-order valence-electron chi connectivity index (χ3n) is 4.00. The Morgan fingerprint density at radius 2 is 2.11 bits per heavy atom. The summed E-state index contributed by atoms with van der Waals surface area (Å²) in [6, 6.07) is 2.89. The quantitative estimate of drug-likeness (QED) is 0.744. The Bertz CT molecular complexity index is 278. The summed E-state index contributed by atoms with van der Waals surface area (Å²) in [6.45, 7) is 12.0. The zero-order valence-corrected chi connectivity index (χ0v) is 12.2. The second kappa shape index (κ2) is 7.08. The minimum absolute atomic E-state index is 0.655. The number of nitriles is 1.